The first kappa shape index (κ1) is 16.8. The minimum atomic E-state index is -3.19. The van der Waals surface area contributed by atoms with Crippen LogP contribution < -0.4 is 0 Å². The molecular formula is C14H18ClNO3S2. The molecule has 21 heavy (non-hydrogen) atoms. The first-order chi connectivity index (χ1) is 9.95. The van der Waals surface area contributed by atoms with Gasteiger partial charge in [0.05, 0.1) is 11.6 Å². The number of benzene rings is 1. The predicted molar refractivity (Wildman–Crippen MR) is 87.9 cm³/mol. The fourth-order valence-corrected chi connectivity index (χ4v) is 5.60. The molecule has 2 rings (SSSR count). The molecule has 1 aliphatic rings. The number of carbonyl (C=O) groups is 1. The van der Waals surface area contributed by atoms with Gasteiger partial charge in [-0.05, 0) is 12.1 Å². The minimum absolute atomic E-state index is 0.0915. The number of carbonyl (C=O) groups excluding carboxylic acids is 1. The lowest BCUT2D eigenvalue weighted by molar-refractivity contribution is 0.0928. The third-order valence-corrected chi connectivity index (χ3v) is 7.19. The van der Waals surface area contributed by atoms with Crippen molar-refractivity contribution >= 4 is 39.0 Å². The molecule has 116 valence electrons. The molecule has 0 spiro atoms. The summed E-state index contributed by atoms with van der Waals surface area (Å²) in [4.78, 5) is 14.1. The van der Waals surface area contributed by atoms with E-state index in [1.54, 1.807) is 47.9 Å². The fourth-order valence-electron chi connectivity index (χ4n) is 2.28. The van der Waals surface area contributed by atoms with E-state index in [4.69, 9.17) is 11.6 Å². The summed E-state index contributed by atoms with van der Waals surface area (Å²) in [5.74, 6) is 1.32. The lowest BCUT2D eigenvalue weighted by atomic mass is 10.1. The molecular weight excluding hydrogens is 330 g/mol. The second-order valence-corrected chi connectivity index (χ2v) is 8.86. The molecule has 1 atom stereocenters. The Morgan fingerprint density at radius 3 is 2.81 bits per heavy atom. The molecule has 7 heteroatoms. The van der Waals surface area contributed by atoms with Crippen LogP contribution in [0.4, 0.5) is 0 Å². The van der Waals surface area contributed by atoms with E-state index < -0.39 is 15.2 Å². The number of ketones is 1. The molecule has 0 radical (unpaired) electrons. The highest BCUT2D eigenvalue weighted by Crippen LogP contribution is 2.23. The lowest BCUT2D eigenvalue weighted by Gasteiger charge is -2.34. The molecule has 0 saturated carbocycles. The third-order valence-electron chi connectivity index (χ3n) is 3.53. The van der Waals surface area contributed by atoms with E-state index >= 15 is 0 Å². The number of Topliss-reactive ketones (excluding diaryl/α,β-unsaturated/α-hetero) is 1. The predicted octanol–water partition coefficient (Wildman–Crippen LogP) is 2.33. The van der Waals surface area contributed by atoms with Gasteiger partial charge in [0.15, 0.2) is 15.6 Å². The molecule has 0 aromatic heterocycles. The Hall–Kier alpha value is -0.560. The Labute approximate surface area is 134 Å². The van der Waals surface area contributed by atoms with Crippen LogP contribution in [0.15, 0.2) is 24.3 Å². The van der Waals surface area contributed by atoms with Crippen molar-refractivity contribution in [3.8, 4) is 0 Å². The van der Waals surface area contributed by atoms with Crippen molar-refractivity contribution in [2.24, 2.45) is 0 Å². The third kappa shape index (κ3) is 4.00. The topological polar surface area (TPSA) is 54.5 Å². The first-order valence-electron chi connectivity index (χ1n) is 6.77. The summed E-state index contributed by atoms with van der Waals surface area (Å²) in [6.45, 7) is 2.33. The van der Waals surface area contributed by atoms with E-state index in [0.717, 1.165) is 5.75 Å². The van der Waals surface area contributed by atoms with Crippen molar-refractivity contribution in [2.75, 3.05) is 30.3 Å². The Morgan fingerprint density at radius 1 is 1.43 bits per heavy atom. The monoisotopic (exact) mass is 347 g/mol. The maximum Gasteiger partial charge on any atom is 0.178 e. The van der Waals surface area contributed by atoms with Gasteiger partial charge in [-0.3, -0.25) is 9.69 Å². The van der Waals surface area contributed by atoms with E-state index in [2.05, 4.69) is 0 Å². The highest BCUT2D eigenvalue weighted by atomic mass is 35.5. The van der Waals surface area contributed by atoms with E-state index in [-0.39, 0.29) is 18.1 Å². The fraction of sp³-hybridized carbons (Fsp3) is 0.500. The second kappa shape index (κ2) is 7.13. The van der Waals surface area contributed by atoms with Crippen molar-refractivity contribution in [1.29, 1.82) is 0 Å². The number of thioether (sulfide) groups is 1. The van der Waals surface area contributed by atoms with Gasteiger partial charge in [-0.25, -0.2) is 8.42 Å². The number of nitrogens with zero attached hydrogens (tertiary/aromatic N) is 1. The van der Waals surface area contributed by atoms with Gasteiger partial charge in [0, 0.05) is 29.4 Å². The molecule has 0 N–H and O–H groups in total. The molecule has 1 heterocycles. The molecule has 4 nitrogen and oxygen atoms in total. The Bertz CT molecular complexity index is 618. The van der Waals surface area contributed by atoms with E-state index in [1.807, 2.05) is 0 Å². The largest absolute Gasteiger partial charge is 0.293 e. The molecule has 1 saturated heterocycles. The summed E-state index contributed by atoms with van der Waals surface area (Å²) < 4.78 is 24.3. The zero-order chi connectivity index (χ0) is 15.5. The number of rotatable bonds is 5. The highest BCUT2D eigenvalue weighted by Gasteiger charge is 2.34. The van der Waals surface area contributed by atoms with Gasteiger partial charge in [0.2, 0.25) is 0 Å². The summed E-state index contributed by atoms with van der Waals surface area (Å²) in [6, 6.07) is 6.86. The van der Waals surface area contributed by atoms with Crippen LogP contribution in [0.1, 0.15) is 17.3 Å². The van der Waals surface area contributed by atoms with Crippen molar-refractivity contribution < 1.29 is 13.2 Å². The van der Waals surface area contributed by atoms with E-state index in [9.17, 15) is 13.2 Å². The smallest absolute Gasteiger partial charge is 0.178 e. The minimum Gasteiger partial charge on any atom is -0.293 e. The number of hydrogen-bond acceptors (Lipinski definition) is 5. The van der Waals surface area contributed by atoms with Gasteiger partial charge in [0.1, 0.15) is 5.37 Å². The van der Waals surface area contributed by atoms with Gasteiger partial charge < -0.3 is 0 Å². The molecule has 0 amide bonds. The molecule has 1 fully saturated rings. The van der Waals surface area contributed by atoms with Crippen molar-refractivity contribution in [3.05, 3.63) is 34.9 Å². The van der Waals surface area contributed by atoms with E-state index in [0.29, 0.717) is 22.9 Å². The first-order valence-corrected chi connectivity index (χ1v) is 10.0. The van der Waals surface area contributed by atoms with Crippen LogP contribution in [-0.4, -0.2) is 54.8 Å². The molecule has 1 aromatic carbocycles. The van der Waals surface area contributed by atoms with Crippen LogP contribution in [0.25, 0.3) is 0 Å². The summed E-state index contributed by atoms with van der Waals surface area (Å²) in [7, 11) is -3.19. The lowest BCUT2D eigenvalue weighted by Crippen LogP contribution is -2.49. The van der Waals surface area contributed by atoms with Crippen LogP contribution in [0.3, 0.4) is 0 Å². The summed E-state index contributed by atoms with van der Waals surface area (Å²) in [5, 5.41) is -0.170. The average molecular weight is 348 g/mol. The van der Waals surface area contributed by atoms with Gasteiger partial charge >= 0.3 is 0 Å². The quantitative estimate of drug-likeness (QED) is 0.765. The van der Waals surface area contributed by atoms with Crippen molar-refractivity contribution in [2.45, 2.75) is 12.3 Å². The standard InChI is InChI=1S/C14H18ClNO3S2/c1-2-21(18,19)14-10-20-8-7-16(14)9-13(17)11-5-3-4-6-12(11)15/h3-6,14H,2,7-10H2,1H3. The Kier molecular flexibility index (Phi) is 5.71. The second-order valence-electron chi connectivity index (χ2n) is 4.85. The maximum absolute atomic E-state index is 12.4. The van der Waals surface area contributed by atoms with Crippen LogP contribution in [-0.2, 0) is 9.84 Å². The summed E-state index contributed by atoms with van der Waals surface area (Å²) in [6.07, 6.45) is 0. The molecule has 1 aliphatic heterocycles. The van der Waals surface area contributed by atoms with Crippen LogP contribution >= 0.6 is 23.4 Å². The zero-order valence-corrected chi connectivity index (χ0v) is 14.2. The van der Waals surface area contributed by atoms with Crippen LogP contribution in [0.5, 0.6) is 0 Å². The SMILES string of the molecule is CCS(=O)(=O)C1CSCCN1CC(=O)c1ccccc1Cl. The van der Waals surface area contributed by atoms with E-state index in [1.165, 1.54) is 0 Å². The Morgan fingerprint density at radius 2 is 2.14 bits per heavy atom. The average Bonchev–Trinajstić information content (AvgIpc) is 2.48. The van der Waals surface area contributed by atoms with Crippen molar-refractivity contribution in [1.82, 2.24) is 4.90 Å². The molecule has 1 aromatic rings. The number of hydrogen-bond donors (Lipinski definition) is 0. The molecule has 0 aliphatic carbocycles. The van der Waals surface area contributed by atoms with Gasteiger partial charge in [-0.2, -0.15) is 11.8 Å². The number of sulfone groups is 1. The summed E-state index contributed by atoms with van der Waals surface area (Å²) >= 11 is 7.65. The van der Waals surface area contributed by atoms with Gasteiger partial charge in [-0.1, -0.05) is 30.7 Å². The molecule has 1 unspecified atom stereocenters. The van der Waals surface area contributed by atoms with Crippen LogP contribution in [0.2, 0.25) is 5.02 Å². The molecule has 0 bridgehead atoms. The van der Waals surface area contributed by atoms with Crippen molar-refractivity contribution in [3.63, 3.8) is 0 Å². The normalized spacial score (nSPS) is 20.4. The highest BCUT2D eigenvalue weighted by molar-refractivity contribution is 8.01. The number of halogens is 1. The van der Waals surface area contributed by atoms with Crippen LogP contribution in [0, 0.1) is 0 Å². The Balaban J connectivity index is 2.17. The maximum atomic E-state index is 12.4. The summed E-state index contributed by atoms with van der Waals surface area (Å²) in [5.41, 5.74) is 0.449. The van der Waals surface area contributed by atoms with Gasteiger partial charge in [0.25, 0.3) is 0 Å². The van der Waals surface area contributed by atoms with Gasteiger partial charge in [-0.15, -0.1) is 0 Å². The zero-order valence-electron chi connectivity index (χ0n) is 11.8.